The molecule has 2 aromatic rings. The van der Waals surface area contributed by atoms with Crippen LogP contribution in [0.5, 0.6) is 5.88 Å². The minimum atomic E-state index is -1.35. The van der Waals surface area contributed by atoms with Crippen molar-refractivity contribution >= 4 is 6.16 Å². The zero-order chi connectivity index (χ0) is 13.1. The topological polar surface area (TPSA) is 64.3 Å². The number of carbonyl (C=O) groups is 1. The number of carboxylic acid groups (broad SMARTS) is 1. The first-order valence-electron chi connectivity index (χ1n) is 5.54. The Balaban J connectivity index is 2.16. The number of benzene rings is 1. The van der Waals surface area contributed by atoms with Gasteiger partial charge in [0.15, 0.2) is 0 Å². The molecule has 0 unspecified atom stereocenters. The van der Waals surface area contributed by atoms with Crippen LogP contribution in [0, 0.1) is 6.92 Å². The molecule has 0 fully saturated rings. The average Bonchev–Trinajstić information content (AvgIpc) is 2.61. The highest BCUT2D eigenvalue weighted by Gasteiger charge is 2.09. The summed E-state index contributed by atoms with van der Waals surface area (Å²) in [7, 11) is 1.76. The molecule has 0 aliphatic carbocycles. The summed E-state index contributed by atoms with van der Waals surface area (Å²) in [6, 6.07) is 9.80. The van der Waals surface area contributed by atoms with Crippen LogP contribution in [-0.4, -0.2) is 21.0 Å². The predicted molar refractivity (Wildman–Crippen MR) is 65.8 cm³/mol. The van der Waals surface area contributed by atoms with Gasteiger partial charge in [-0.05, 0) is 12.5 Å². The van der Waals surface area contributed by atoms with Crippen molar-refractivity contribution in [3.05, 3.63) is 47.2 Å². The van der Waals surface area contributed by atoms with Gasteiger partial charge in [0.05, 0.1) is 0 Å². The van der Waals surface area contributed by atoms with Gasteiger partial charge in [0.1, 0.15) is 0 Å². The van der Waals surface area contributed by atoms with Crippen molar-refractivity contribution < 1.29 is 14.6 Å². The molecule has 0 saturated heterocycles. The van der Waals surface area contributed by atoms with Gasteiger partial charge >= 0.3 is 6.16 Å². The maximum atomic E-state index is 10.4. The average molecular weight is 246 g/mol. The van der Waals surface area contributed by atoms with Crippen molar-refractivity contribution in [2.45, 2.75) is 13.3 Å². The lowest BCUT2D eigenvalue weighted by atomic mass is 10.1. The van der Waals surface area contributed by atoms with Gasteiger partial charge in [-0.15, -0.1) is 5.10 Å². The normalized spacial score (nSPS) is 10.3. The Hall–Kier alpha value is -2.30. The molecule has 0 atom stereocenters. The van der Waals surface area contributed by atoms with Gasteiger partial charge < -0.3 is 9.84 Å². The van der Waals surface area contributed by atoms with E-state index in [1.54, 1.807) is 17.8 Å². The van der Waals surface area contributed by atoms with Gasteiger partial charge in [0.25, 0.3) is 0 Å². The maximum absolute atomic E-state index is 10.4. The summed E-state index contributed by atoms with van der Waals surface area (Å²) >= 11 is 0. The molecule has 0 radical (unpaired) electrons. The summed E-state index contributed by atoms with van der Waals surface area (Å²) in [6.07, 6.45) is -0.665. The zero-order valence-corrected chi connectivity index (χ0v) is 10.3. The zero-order valence-electron chi connectivity index (χ0n) is 10.3. The summed E-state index contributed by atoms with van der Waals surface area (Å²) in [4.78, 5) is 10.4. The van der Waals surface area contributed by atoms with Gasteiger partial charge in [-0.2, -0.15) is 0 Å². The highest BCUT2D eigenvalue weighted by Crippen LogP contribution is 2.15. The maximum Gasteiger partial charge on any atom is 0.512 e. The lowest BCUT2D eigenvalue weighted by Gasteiger charge is -2.02. The van der Waals surface area contributed by atoms with E-state index < -0.39 is 6.16 Å². The molecule has 5 heteroatoms. The minimum absolute atomic E-state index is 0.104. The van der Waals surface area contributed by atoms with Gasteiger partial charge in [0, 0.05) is 25.2 Å². The third kappa shape index (κ3) is 2.88. The molecule has 18 heavy (non-hydrogen) atoms. The van der Waals surface area contributed by atoms with E-state index >= 15 is 0 Å². The number of aromatic nitrogens is 2. The van der Waals surface area contributed by atoms with E-state index in [2.05, 4.69) is 9.84 Å². The van der Waals surface area contributed by atoms with Crippen molar-refractivity contribution in [2.24, 2.45) is 7.05 Å². The summed E-state index contributed by atoms with van der Waals surface area (Å²) in [6.45, 7) is 2.03. The second kappa shape index (κ2) is 4.91. The fourth-order valence-electron chi connectivity index (χ4n) is 1.70. The van der Waals surface area contributed by atoms with Crippen LogP contribution in [0.3, 0.4) is 0 Å². The third-order valence-corrected chi connectivity index (χ3v) is 2.65. The van der Waals surface area contributed by atoms with E-state index in [1.807, 2.05) is 31.2 Å². The quantitative estimate of drug-likeness (QED) is 0.844. The van der Waals surface area contributed by atoms with Gasteiger partial charge in [-0.1, -0.05) is 29.8 Å². The van der Waals surface area contributed by atoms with E-state index in [0.717, 1.165) is 11.3 Å². The molecule has 0 bridgehead atoms. The highest BCUT2D eigenvalue weighted by molar-refractivity contribution is 5.60. The van der Waals surface area contributed by atoms with Crippen LogP contribution < -0.4 is 4.74 Å². The fourth-order valence-corrected chi connectivity index (χ4v) is 1.70. The largest absolute Gasteiger partial charge is 0.512 e. The molecule has 0 amide bonds. The lowest BCUT2D eigenvalue weighted by molar-refractivity contribution is 0.142. The first-order valence-corrected chi connectivity index (χ1v) is 5.54. The molecule has 2 rings (SSSR count). The Kier molecular flexibility index (Phi) is 3.32. The number of rotatable bonds is 3. The van der Waals surface area contributed by atoms with E-state index in [4.69, 9.17) is 5.11 Å². The Morgan fingerprint density at radius 3 is 2.67 bits per heavy atom. The summed E-state index contributed by atoms with van der Waals surface area (Å²) < 4.78 is 6.14. The first kappa shape index (κ1) is 12.2. The number of nitrogens with zero attached hydrogens (tertiary/aromatic N) is 2. The Morgan fingerprint density at radius 2 is 2.06 bits per heavy atom. The number of hydrogen-bond acceptors (Lipinski definition) is 3. The summed E-state index contributed by atoms with van der Waals surface area (Å²) in [5.74, 6) is 0.104. The van der Waals surface area contributed by atoms with Crippen molar-refractivity contribution in [2.75, 3.05) is 0 Å². The molecule has 1 aromatic carbocycles. The molecular weight excluding hydrogens is 232 g/mol. The van der Waals surface area contributed by atoms with Crippen LogP contribution in [-0.2, 0) is 13.5 Å². The Bertz CT molecular complexity index is 558. The second-order valence-electron chi connectivity index (χ2n) is 4.13. The van der Waals surface area contributed by atoms with Crippen molar-refractivity contribution in [3.8, 4) is 5.88 Å². The smallest absolute Gasteiger partial charge is 0.449 e. The fraction of sp³-hybridized carbons (Fsp3) is 0.231. The molecule has 1 aromatic heterocycles. The summed E-state index contributed by atoms with van der Waals surface area (Å²) in [5, 5.41) is 12.5. The van der Waals surface area contributed by atoms with E-state index in [1.165, 1.54) is 5.56 Å². The third-order valence-electron chi connectivity index (χ3n) is 2.65. The lowest BCUT2D eigenvalue weighted by Crippen LogP contribution is -2.04. The van der Waals surface area contributed by atoms with E-state index in [-0.39, 0.29) is 5.88 Å². The van der Waals surface area contributed by atoms with Crippen LogP contribution in [0.1, 0.15) is 16.8 Å². The minimum Gasteiger partial charge on any atom is -0.449 e. The molecule has 0 aliphatic heterocycles. The Labute approximate surface area is 105 Å². The monoisotopic (exact) mass is 246 g/mol. The van der Waals surface area contributed by atoms with Crippen molar-refractivity contribution in [3.63, 3.8) is 0 Å². The first-order chi connectivity index (χ1) is 8.54. The molecule has 1 heterocycles. The molecular formula is C13H14N2O3. The molecule has 94 valence electrons. The van der Waals surface area contributed by atoms with Gasteiger partial charge in [0.2, 0.25) is 5.88 Å². The van der Waals surface area contributed by atoms with Crippen LogP contribution in [0.15, 0.2) is 30.3 Å². The van der Waals surface area contributed by atoms with Crippen LogP contribution in [0.2, 0.25) is 0 Å². The number of aryl methyl sites for hydroxylation is 2. The highest BCUT2D eigenvalue weighted by atomic mass is 16.7. The molecule has 0 saturated carbocycles. The predicted octanol–water partition coefficient (Wildman–Crippen LogP) is 2.38. The number of hydrogen-bond donors (Lipinski definition) is 1. The molecule has 1 N–H and O–H groups in total. The standard InChI is InChI=1S/C13H14N2O3/c1-9-3-5-10(6-4-9)7-11-8-12(14-15(11)2)18-13(16)17/h3-6,8H,7H2,1-2H3,(H,16,17). The summed E-state index contributed by atoms with van der Waals surface area (Å²) in [5.41, 5.74) is 3.25. The SMILES string of the molecule is Cc1ccc(Cc2cc(OC(=O)O)nn2C)cc1. The van der Waals surface area contributed by atoms with Gasteiger partial charge in [-0.25, -0.2) is 4.79 Å². The van der Waals surface area contributed by atoms with Crippen LogP contribution in [0.4, 0.5) is 4.79 Å². The number of ether oxygens (including phenoxy) is 1. The van der Waals surface area contributed by atoms with E-state index in [0.29, 0.717) is 6.42 Å². The molecule has 0 aliphatic rings. The van der Waals surface area contributed by atoms with Gasteiger partial charge in [-0.3, -0.25) is 4.68 Å². The van der Waals surface area contributed by atoms with E-state index in [9.17, 15) is 4.79 Å². The molecule has 0 spiro atoms. The van der Waals surface area contributed by atoms with Crippen LogP contribution in [0.25, 0.3) is 0 Å². The van der Waals surface area contributed by atoms with Crippen LogP contribution >= 0.6 is 0 Å². The van der Waals surface area contributed by atoms with Crippen molar-refractivity contribution in [1.82, 2.24) is 9.78 Å². The molecule has 5 nitrogen and oxygen atoms in total. The van der Waals surface area contributed by atoms with Crippen molar-refractivity contribution in [1.29, 1.82) is 0 Å². The Morgan fingerprint density at radius 1 is 1.39 bits per heavy atom. The second-order valence-corrected chi connectivity index (χ2v) is 4.13.